The van der Waals surface area contributed by atoms with Gasteiger partial charge in [-0.05, 0) is 116 Å². The molecule has 0 spiro atoms. The lowest BCUT2D eigenvalue weighted by Gasteiger charge is -2.18. The summed E-state index contributed by atoms with van der Waals surface area (Å²) in [5.41, 5.74) is 0. The molecule has 0 fully saturated rings. The van der Waals surface area contributed by atoms with Gasteiger partial charge in [-0.2, -0.15) is 0 Å². The van der Waals surface area contributed by atoms with Crippen LogP contribution in [0.1, 0.15) is 258 Å². The number of hydrogen-bond donors (Lipinski definition) is 0. The summed E-state index contributed by atoms with van der Waals surface area (Å²) in [6, 6.07) is 0. The van der Waals surface area contributed by atoms with E-state index in [-0.39, 0.29) is 37.5 Å². The maximum atomic E-state index is 12.8. The van der Waals surface area contributed by atoms with Gasteiger partial charge in [0.05, 0.1) is 0 Å². The van der Waals surface area contributed by atoms with Crippen LogP contribution in [0.3, 0.4) is 0 Å². The van der Waals surface area contributed by atoms with Crippen LogP contribution >= 0.6 is 0 Å². The number of ether oxygens (including phenoxy) is 3. The van der Waals surface area contributed by atoms with Gasteiger partial charge in [0.25, 0.3) is 0 Å². The van der Waals surface area contributed by atoms with Crippen LogP contribution in [0.4, 0.5) is 0 Å². The topological polar surface area (TPSA) is 78.9 Å². The van der Waals surface area contributed by atoms with Crippen molar-refractivity contribution in [3.8, 4) is 0 Å². The van der Waals surface area contributed by atoms with Crippen LogP contribution in [-0.2, 0) is 28.6 Å². The average Bonchev–Trinajstić information content (AvgIpc) is 3.36. The number of allylic oxidation sites excluding steroid dienone is 18. The smallest absolute Gasteiger partial charge is 0.306 e. The highest BCUT2D eigenvalue weighted by Crippen LogP contribution is 2.14. The summed E-state index contributed by atoms with van der Waals surface area (Å²) in [6.07, 6.45) is 78.0. The van der Waals surface area contributed by atoms with E-state index >= 15 is 0 Å². The summed E-state index contributed by atoms with van der Waals surface area (Å²) in [4.78, 5) is 38.2. The molecule has 0 saturated carbocycles. The van der Waals surface area contributed by atoms with Crippen molar-refractivity contribution in [1.29, 1.82) is 0 Å². The molecule has 1 atom stereocenters. The van der Waals surface area contributed by atoms with Crippen LogP contribution in [-0.4, -0.2) is 37.2 Å². The zero-order chi connectivity index (χ0) is 50.7. The van der Waals surface area contributed by atoms with Gasteiger partial charge in [-0.3, -0.25) is 14.4 Å². The predicted octanol–water partition coefficient (Wildman–Crippen LogP) is 19.5. The van der Waals surface area contributed by atoms with Gasteiger partial charge < -0.3 is 14.2 Å². The van der Waals surface area contributed by atoms with E-state index < -0.39 is 6.10 Å². The molecule has 0 aromatic carbocycles. The number of carbonyl (C=O) groups is 3. The maximum absolute atomic E-state index is 12.8. The molecule has 0 radical (unpaired) electrons. The third-order valence-corrected chi connectivity index (χ3v) is 12.0. The van der Waals surface area contributed by atoms with Crippen LogP contribution in [0.15, 0.2) is 109 Å². The molecule has 0 heterocycles. The van der Waals surface area contributed by atoms with E-state index in [0.717, 1.165) is 109 Å². The van der Waals surface area contributed by atoms with E-state index in [2.05, 4.69) is 130 Å². The number of esters is 3. The van der Waals surface area contributed by atoms with Crippen molar-refractivity contribution in [2.24, 2.45) is 0 Å². The third kappa shape index (κ3) is 55.0. The molecule has 0 aliphatic rings. The molecule has 0 aromatic rings. The van der Waals surface area contributed by atoms with Gasteiger partial charge in [-0.25, -0.2) is 0 Å². The first-order valence-corrected chi connectivity index (χ1v) is 28.9. The Morgan fingerprint density at radius 3 is 0.914 bits per heavy atom. The van der Waals surface area contributed by atoms with E-state index in [9.17, 15) is 14.4 Å². The highest BCUT2D eigenvalue weighted by atomic mass is 16.6. The molecule has 0 aliphatic carbocycles. The lowest BCUT2D eigenvalue weighted by atomic mass is 10.1. The van der Waals surface area contributed by atoms with Crippen molar-refractivity contribution in [2.45, 2.75) is 264 Å². The summed E-state index contributed by atoms with van der Waals surface area (Å²) < 4.78 is 16.8. The number of hydrogen-bond acceptors (Lipinski definition) is 6. The summed E-state index contributed by atoms with van der Waals surface area (Å²) in [5, 5.41) is 0. The van der Waals surface area contributed by atoms with Gasteiger partial charge in [0, 0.05) is 19.3 Å². The molecular formula is C64H106O6. The van der Waals surface area contributed by atoms with Crippen LogP contribution in [0.5, 0.6) is 0 Å². The second kappa shape index (κ2) is 57.6. The van der Waals surface area contributed by atoms with E-state index in [0.29, 0.717) is 19.3 Å². The van der Waals surface area contributed by atoms with Crippen molar-refractivity contribution < 1.29 is 28.6 Å². The Hall–Kier alpha value is -3.93. The van der Waals surface area contributed by atoms with Gasteiger partial charge >= 0.3 is 17.9 Å². The minimum atomic E-state index is -0.815. The second-order valence-corrected chi connectivity index (χ2v) is 18.8. The van der Waals surface area contributed by atoms with Crippen LogP contribution in [0.2, 0.25) is 0 Å². The van der Waals surface area contributed by atoms with Gasteiger partial charge in [-0.1, -0.05) is 233 Å². The standard InChI is InChI=1S/C64H106O6/c1-4-7-10-13-16-19-22-25-28-31-32-34-36-39-42-45-48-51-54-57-63(66)69-60-61(59-68-62(65)56-53-50-47-44-41-38-35-30-27-24-21-18-15-12-9-6-3)70-64(67)58-55-52-49-46-43-40-37-33-29-26-23-20-17-14-11-8-5-2/h7,9-10,12,16,18-19,21,25-30,37,40,46,49,61H,4-6,8,11,13-15,17,20,22-24,31-36,38-39,41-45,47-48,50-60H2,1-3H3/b10-7-,12-9-,19-16-,21-18-,28-25-,29-26-,30-27-,40-37-,49-46-. The van der Waals surface area contributed by atoms with Crippen molar-refractivity contribution in [2.75, 3.05) is 13.2 Å². The summed E-state index contributed by atoms with van der Waals surface area (Å²) in [6.45, 7) is 6.36. The van der Waals surface area contributed by atoms with Gasteiger partial charge in [0.2, 0.25) is 0 Å². The Kier molecular flexibility index (Phi) is 54.4. The van der Waals surface area contributed by atoms with Crippen molar-refractivity contribution in [3.63, 3.8) is 0 Å². The van der Waals surface area contributed by atoms with Gasteiger partial charge in [0.15, 0.2) is 6.10 Å². The molecule has 6 heteroatoms. The van der Waals surface area contributed by atoms with Gasteiger partial charge in [0.1, 0.15) is 13.2 Å². The Bertz CT molecular complexity index is 1440. The highest BCUT2D eigenvalue weighted by molar-refractivity contribution is 5.71. The largest absolute Gasteiger partial charge is 0.462 e. The molecule has 0 aliphatic heterocycles. The van der Waals surface area contributed by atoms with Crippen molar-refractivity contribution >= 4 is 17.9 Å². The van der Waals surface area contributed by atoms with Crippen LogP contribution < -0.4 is 0 Å². The zero-order valence-electron chi connectivity index (χ0n) is 45.5. The Labute approximate surface area is 431 Å². The van der Waals surface area contributed by atoms with E-state index in [1.165, 1.54) is 103 Å². The maximum Gasteiger partial charge on any atom is 0.306 e. The lowest BCUT2D eigenvalue weighted by molar-refractivity contribution is -0.167. The molecule has 398 valence electrons. The molecule has 0 aromatic heterocycles. The molecule has 6 nitrogen and oxygen atoms in total. The number of unbranched alkanes of at least 4 members (excludes halogenated alkanes) is 22. The van der Waals surface area contributed by atoms with E-state index in [4.69, 9.17) is 14.2 Å². The lowest BCUT2D eigenvalue weighted by Crippen LogP contribution is -2.30. The Balaban J connectivity index is 4.49. The monoisotopic (exact) mass is 971 g/mol. The van der Waals surface area contributed by atoms with Gasteiger partial charge in [-0.15, -0.1) is 0 Å². The molecule has 0 saturated heterocycles. The summed E-state index contributed by atoms with van der Waals surface area (Å²) >= 11 is 0. The molecule has 1 unspecified atom stereocenters. The quantitative estimate of drug-likeness (QED) is 0.0262. The first kappa shape index (κ1) is 66.1. The Morgan fingerprint density at radius 1 is 0.300 bits per heavy atom. The fraction of sp³-hybridized carbons (Fsp3) is 0.672. The van der Waals surface area contributed by atoms with Crippen molar-refractivity contribution in [3.05, 3.63) is 109 Å². The molecule has 0 N–H and O–H groups in total. The van der Waals surface area contributed by atoms with Crippen LogP contribution in [0, 0.1) is 0 Å². The van der Waals surface area contributed by atoms with E-state index in [1.54, 1.807) is 0 Å². The van der Waals surface area contributed by atoms with Crippen LogP contribution in [0.25, 0.3) is 0 Å². The van der Waals surface area contributed by atoms with Crippen molar-refractivity contribution in [1.82, 2.24) is 0 Å². The average molecular weight is 972 g/mol. The molecule has 0 amide bonds. The highest BCUT2D eigenvalue weighted by Gasteiger charge is 2.19. The second-order valence-electron chi connectivity index (χ2n) is 18.8. The minimum absolute atomic E-state index is 0.107. The number of rotatable bonds is 51. The number of carbonyl (C=O) groups excluding carboxylic acids is 3. The minimum Gasteiger partial charge on any atom is -0.462 e. The third-order valence-electron chi connectivity index (χ3n) is 12.0. The summed E-state index contributed by atoms with van der Waals surface area (Å²) in [7, 11) is 0. The molecular weight excluding hydrogens is 865 g/mol. The summed E-state index contributed by atoms with van der Waals surface area (Å²) in [5.74, 6) is -0.977. The Morgan fingerprint density at radius 2 is 0.571 bits per heavy atom. The SMILES string of the molecule is CC/C=C\C/C=C\C/C=C\CCCCCCCCCCCC(=O)OCC(COC(=O)CCCCCCCC/C=C\C/C=C\C/C=C\CC)OC(=O)CCC/C=C\C/C=C\C/C=C\CCCCCCCC. The molecule has 0 bridgehead atoms. The zero-order valence-corrected chi connectivity index (χ0v) is 45.5. The predicted molar refractivity (Wildman–Crippen MR) is 302 cm³/mol. The molecule has 0 rings (SSSR count). The van der Waals surface area contributed by atoms with E-state index in [1.807, 2.05) is 0 Å². The fourth-order valence-corrected chi connectivity index (χ4v) is 7.72. The first-order chi connectivity index (χ1) is 34.5. The first-order valence-electron chi connectivity index (χ1n) is 28.9. The fourth-order valence-electron chi connectivity index (χ4n) is 7.72. The molecule has 70 heavy (non-hydrogen) atoms. The normalized spacial score (nSPS) is 12.9.